The molecule has 2 rings (SSSR count). The second-order valence-corrected chi connectivity index (χ2v) is 5.54. The lowest BCUT2D eigenvalue weighted by Crippen LogP contribution is -2.32. The van der Waals surface area contributed by atoms with Crippen LogP contribution >= 0.6 is 0 Å². The van der Waals surface area contributed by atoms with Crippen LogP contribution in [-0.2, 0) is 9.59 Å². The van der Waals surface area contributed by atoms with E-state index in [1.54, 1.807) is 6.92 Å². The van der Waals surface area contributed by atoms with Gasteiger partial charge in [0.2, 0.25) is 11.8 Å². The van der Waals surface area contributed by atoms with Gasteiger partial charge in [0.15, 0.2) is 0 Å². The highest BCUT2D eigenvalue weighted by atomic mass is 16.2. The number of hydrogen-bond acceptors (Lipinski definition) is 3. The van der Waals surface area contributed by atoms with Crippen LogP contribution in [0.2, 0.25) is 0 Å². The number of amides is 2. The Hall–Kier alpha value is -2.82. The van der Waals surface area contributed by atoms with Gasteiger partial charge in [-0.25, -0.2) is 0 Å². The molecule has 0 spiro atoms. The van der Waals surface area contributed by atoms with Crippen LogP contribution in [-0.4, -0.2) is 18.4 Å². The minimum atomic E-state index is -0.0886. The molecule has 0 aliphatic rings. The summed E-state index contributed by atoms with van der Waals surface area (Å²) >= 11 is 0. The number of rotatable bonds is 7. The third-order valence-corrected chi connectivity index (χ3v) is 3.60. The molecule has 2 amide bonds. The summed E-state index contributed by atoms with van der Waals surface area (Å²) in [5.41, 5.74) is 2.56. The number of nitrogens with one attached hydrogen (secondary N) is 3. The van der Waals surface area contributed by atoms with E-state index in [0.717, 1.165) is 11.3 Å². The molecule has 0 radical (unpaired) electrons. The first-order chi connectivity index (χ1) is 11.6. The summed E-state index contributed by atoms with van der Waals surface area (Å²) in [4.78, 5) is 23.5. The van der Waals surface area contributed by atoms with E-state index in [1.165, 1.54) is 0 Å². The maximum atomic E-state index is 12.1. The lowest BCUT2D eigenvalue weighted by Gasteiger charge is -2.15. The first-order valence-corrected chi connectivity index (χ1v) is 8.06. The summed E-state index contributed by atoms with van der Waals surface area (Å²) in [5, 5.41) is 8.81. The van der Waals surface area contributed by atoms with Crippen molar-refractivity contribution in [2.75, 3.05) is 17.2 Å². The van der Waals surface area contributed by atoms with Gasteiger partial charge in [-0.15, -0.1) is 0 Å². The Kier molecular flexibility index (Phi) is 6.37. The monoisotopic (exact) mass is 325 g/mol. The normalized spacial score (nSPS) is 11.4. The van der Waals surface area contributed by atoms with Crippen LogP contribution in [0.25, 0.3) is 0 Å². The average molecular weight is 325 g/mol. The Morgan fingerprint density at radius 2 is 1.67 bits per heavy atom. The van der Waals surface area contributed by atoms with E-state index in [2.05, 4.69) is 16.0 Å². The van der Waals surface area contributed by atoms with Gasteiger partial charge in [-0.05, 0) is 30.7 Å². The molecule has 0 saturated heterocycles. The summed E-state index contributed by atoms with van der Waals surface area (Å²) in [6.45, 7) is 3.92. The Labute approximate surface area is 142 Å². The minimum Gasteiger partial charge on any atom is -0.376 e. The molecule has 126 valence electrons. The van der Waals surface area contributed by atoms with Crippen molar-refractivity contribution in [1.82, 2.24) is 5.32 Å². The molecular weight excluding hydrogens is 302 g/mol. The molecule has 2 aromatic carbocycles. The summed E-state index contributed by atoms with van der Waals surface area (Å²) in [6.07, 6.45) is 0.428. The molecule has 0 bridgehead atoms. The van der Waals surface area contributed by atoms with E-state index in [0.29, 0.717) is 12.1 Å². The highest BCUT2D eigenvalue weighted by Crippen LogP contribution is 2.15. The predicted molar refractivity (Wildman–Crippen MR) is 96.9 cm³/mol. The van der Waals surface area contributed by atoms with Crippen LogP contribution in [0.4, 0.5) is 11.4 Å². The Bertz CT molecular complexity index is 686. The number of benzene rings is 2. The fraction of sp³-hybridized carbons (Fsp3) is 0.263. The molecule has 2 aromatic rings. The standard InChI is InChI=1S/C19H23N3O2/c1-3-18(23)22-17-11-7-10-16(12-17)20-13-19(24)21-14(2)15-8-5-4-6-9-15/h4-12,14,20H,3,13H2,1-2H3,(H,21,24)(H,22,23). The van der Waals surface area contributed by atoms with Gasteiger partial charge in [-0.2, -0.15) is 0 Å². The van der Waals surface area contributed by atoms with Gasteiger partial charge in [-0.1, -0.05) is 43.3 Å². The predicted octanol–water partition coefficient (Wildman–Crippen LogP) is 3.32. The molecule has 0 aliphatic heterocycles. The Morgan fingerprint density at radius 3 is 2.38 bits per heavy atom. The van der Waals surface area contributed by atoms with Crippen molar-refractivity contribution < 1.29 is 9.59 Å². The van der Waals surface area contributed by atoms with Crippen molar-refractivity contribution in [2.24, 2.45) is 0 Å². The SMILES string of the molecule is CCC(=O)Nc1cccc(NCC(=O)NC(C)c2ccccc2)c1. The fourth-order valence-corrected chi connectivity index (χ4v) is 2.26. The van der Waals surface area contributed by atoms with Crippen LogP contribution in [0.1, 0.15) is 31.9 Å². The van der Waals surface area contributed by atoms with Crippen LogP contribution in [0.3, 0.4) is 0 Å². The molecule has 1 atom stereocenters. The smallest absolute Gasteiger partial charge is 0.239 e. The molecular formula is C19H23N3O2. The third kappa shape index (κ3) is 5.43. The van der Waals surface area contributed by atoms with E-state index < -0.39 is 0 Å². The lowest BCUT2D eigenvalue weighted by molar-refractivity contribution is -0.120. The number of carbonyl (C=O) groups is 2. The summed E-state index contributed by atoms with van der Waals surface area (Å²) in [6, 6.07) is 17.1. The van der Waals surface area contributed by atoms with Gasteiger partial charge in [0.1, 0.15) is 0 Å². The molecule has 0 heterocycles. The van der Waals surface area contributed by atoms with Crippen molar-refractivity contribution in [1.29, 1.82) is 0 Å². The van der Waals surface area contributed by atoms with E-state index >= 15 is 0 Å². The van der Waals surface area contributed by atoms with Crippen molar-refractivity contribution in [3.8, 4) is 0 Å². The van der Waals surface area contributed by atoms with E-state index in [4.69, 9.17) is 0 Å². The van der Waals surface area contributed by atoms with Gasteiger partial charge in [0.25, 0.3) is 0 Å². The molecule has 3 N–H and O–H groups in total. The van der Waals surface area contributed by atoms with E-state index in [9.17, 15) is 9.59 Å². The largest absolute Gasteiger partial charge is 0.376 e. The van der Waals surface area contributed by atoms with E-state index in [1.807, 2.05) is 61.5 Å². The maximum absolute atomic E-state index is 12.1. The van der Waals surface area contributed by atoms with Gasteiger partial charge >= 0.3 is 0 Å². The Morgan fingerprint density at radius 1 is 0.958 bits per heavy atom. The molecule has 1 unspecified atom stereocenters. The van der Waals surface area contributed by atoms with Crippen molar-refractivity contribution in [3.63, 3.8) is 0 Å². The molecule has 5 heteroatoms. The summed E-state index contributed by atoms with van der Waals surface area (Å²) in [7, 11) is 0. The van der Waals surface area contributed by atoms with Crippen molar-refractivity contribution in [3.05, 3.63) is 60.2 Å². The zero-order valence-corrected chi connectivity index (χ0v) is 14.0. The average Bonchev–Trinajstić information content (AvgIpc) is 2.61. The second-order valence-electron chi connectivity index (χ2n) is 5.54. The summed E-state index contributed by atoms with van der Waals surface area (Å²) in [5.74, 6) is -0.129. The van der Waals surface area contributed by atoms with Crippen LogP contribution in [0.5, 0.6) is 0 Å². The van der Waals surface area contributed by atoms with Crippen LogP contribution in [0, 0.1) is 0 Å². The van der Waals surface area contributed by atoms with Crippen LogP contribution < -0.4 is 16.0 Å². The van der Waals surface area contributed by atoms with Crippen molar-refractivity contribution >= 4 is 23.2 Å². The van der Waals surface area contributed by atoms with Gasteiger partial charge in [0, 0.05) is 17.8 Å². The minimum absolute atomic E-state index is 0.0402. The highest BCUT2D eigenvalue weighted by molar-refractivity contribution is 5.91. The number of carbonyl (C=O) groups excluding carboxylic acids is 2. The second kappa shape index (κ2) is 8.72. The van der Waals surface area contributed by atoms with Gasteiger partial charge < -0.3 is 16.0 Å². The molecule has 0 aromatic heterocycles. The molecule has 0 aliphatic carbocycles. The quantitative estimate of drug-likeness (QED) is 0.731. The van der Waals surface area contributed by atoms with E-state index in [-0.39, 0.29) is 24.4 Å². The molecule has 5 nitrogen and oxygen atoms in total. The van der Waals surface area contributed by atoms with Gasteiger partial charge in [0.05, 0.1) is 12.6 Å². The zero-order valence-electron chi connectivity index (χ0n) is 14.0. The third-order valence-electron chi connectivity index (χ3n) is 3.60. The number of hydrogen-bond donors (Lipinski definition) is 3. The first kappa shape index (κ1) is 17.5. The maximum Gasteiger partial charge on any atom is 0.239 e. The highest BCUT2D eigenvalue weighted by Gasteiger charge is 2.09. The first-order valence-electron chi connectivity index (χ1n) is 8.06. The van der Waals surface area contributed by atoms with Crippen molar-refractivity contribution in [2.45, 2.75) is 26.3 Å². The lowest BCUT2D eigenvalue weighted by atomic mass is 10.1. The number of anilines is 2. The summed E-state index contributed by atoms with van der Waals surface area (Å²) < 4.78 is 0. The molecule has 0 saturated carbocycles. The van der Waals surface area contributed by atoms with Gasteiger partial charge in [-0.3, -0.25) is 9.59 Å². The zero-order chi connectivity index (χ0) is 17.4. The van der Waals surface area contributed by atoms with Crippen LogP contribution in [0.15, 0.2) is 54.6 Å². The topological polar surface area (TPSA) is 70.2 Å². The Balaban J connectivity index is 1.85. The molecule has 0 fully saturated rings. The fourth-order valence-electron chi connectivity index (χ4n) is 2.26. The molecule has 24 heavy (non-hydrogen) atoms.